The summed E-state index contributed by atoms with van der Waals surface area (Å²) in [6.07, 6.45) is 0. The highest BCUT2D eigenvalue weighted by molar-refractivity contribution is 6.83. The fourth-order valence-corrected chi connectivity index (χ4v) is 2.56. The molecule has 0 aliphatic carbocycles. The molecule has 1 rings (SSSR count). The van der Waals surface area contributed by atoms with E-state index in [9.17, 15) is 0 Å². The quantitative estimate of drug-likeness (QED) is 0.605. The van der Waals surface area contributed by atoms with Crippen LogP contribution in [0.3, 0.4) is 0 Å². The highest BCUT2D eigenvalue weighted by Crippen LogP contribution is 1.97. The Morgan fingerprint density at radius 3 is 2.42 bits per heavy atom. The summed E-state index contributed by atoms with van der Waals surface area (Å²) in [5.74, 6) is 0. The third-order valence-electron chi connectivity index (χ3n) is 1.73. The molecular weight excluding hydrogens is 184 g/mol. The number of benzene rings is 1. The Balaban J connectivity index is 3.10. The lowest BCUT2D eigenvalue weighted by Crippen LogP contribution is -2.68. The summed E-state index contributed by atoms with van der Waals surface area (Å²) in [5.41, 5.74) is 1.06. The summed E-state index contributed by atoms with van der Waals surface area (Å²) in [4.78, 5) is 0. The number of hydrogen-bond donors (Lipinski definition) is 2. The van der Waals surface area contributed by atoms with Gasteiger partial charge in [0.25, 0.3) is 0 Å². The van der Waals surface area contributed by atoms with Gasteiger partial charge in [0.05, 0.1) is 0 Å². The van der Waals surface area contributed by atoms with E-state index >= 15 is 0 Å². The Bertz CT molecular complexity index is 278. The van der Waals surface area contributed by atoms with E-state index < -0.39 is 8.64 Å². The van der Waals surface area contributed by atoms with Gasteiger partial charge in [-0.3, -0.25) is 0 Å². The van der Waals surface area contributed by atoms with Gasteiger partial charge < -0.3 is 14.9 Å². The molecule has 1 aromatic carbocycles. The van der Waals surface area contributed by atoms with Crippen LogP contribution in [0.5, 0.6) is 0 Å². The highest BCUT2D eigenvalue weighted by Gasteiger charge is 2.27. The van der Waals surface area contributed by atoms with Crippen molar-refractivity contribution in [1.29, 1.82) is 0 Å². The minimum Gasteiger partial charge on any atom is -0.431 e. The van der Waals surface area contributed by atoms with Gasteiger partial charge in [-0.15, -0.1) is 0 Å². The van der Waals surface area contributed by atoms with E-state index in [2.05, 4.69) is 10.5 Å². The van der Waals surface area contributed by atoms with Gasteiger partial charge in [-0.1, -0.05) is 24.3 Å². The average Bonchev–Trinajstić information content (AvgIpc) is 2.05. The first-order chi connectivity index (χ1) is 5.58. The Labute approximate surface area is 76.5 Å². The summed E-state index contributed by atoms with van der Waals surface area (Å²) in [5, 5.41) is 12.5. The van der Waals surface area contributed by atoms with E-state index in [1.807, 2.05) is 31.2 Å². The first-order valence-electron chi connectivity index (χ1n) is 3.56. The fraction of sp³-hybridized carbons (Fsp3) is 0.143. The molecule has 0 aliphatic heterocycles. The van der Waals surface area contributed by atoms with E-state index in [4.69, 9.17) is 14.9 Å². The van der Waals surface area contributed by atoms with Crippen LogP contribution in [-0.4, -0.2) is 19.1 Å². The smallest absolute Gasteiger partial charge is 0.370 e. The molecular formula is C7H11N2OSi2. The molecule has 63 valence electrons. The molecule has 0 heterocycles. The highest BCUT2D eigenvalue weighted by atomic mass is 28.4. The van der Waals surface area contributed by atoms with Crippen LogP contribution in [-0.2, 0) is 4.12 Å². The van der Waals surface area contributed by atoms with Crippen molar-refractivity contribution in [3.05, 3.63) is 29.8 Å². The molecule has 0 unspecified atom stereocenters. The van der Waals surface area contributed by atoms with Crippen LogP contribution in [0.2, 0.25) is 0 Å². The molecule has 0 bridgehead atoms. The van der Waals surface area contributed by atoms with E-state index in [0.717, 1.165) is 10.8 Å². The Morgan fingerprint density at radius 2 is 1.92 bits per heavy atom. The molecule has 0 amide bonds. The van der Waals surface area contributed by atoms with E-state index in [0.29, 0.717) is 0 Å². The zero-order valence-corrected chi connectivity index (χ0v) is 8.87. The molecule has 0 saturated heterocycles. The zero-order valence-electron chi connectivity index (χ0n) is 6.87. The summed E-state index contributed by atoms with van der Waals surface area (Å²) in [7, 11) is 0.217. The minimum absolute atomic E-state index is 0.903. The van der Waals surface area contributed by atoms with Crippen LogP contribution in [0, 0.1) is 6.92 Å². The summed E-state index contributed by atoms with van der Waals surface area (Å²) >= 11 is 0. The van der Waals surface area contributed by atoms with Crippen LogP contribution in [0.1, 0.15) is 5.56 Å². The maximum absolute atomic E-state index is 5.78. The van der Waals surface area contributed by atoms with Gasteiger partial charge in [-0.2, -0.15) is 0 Å². The van der Waals surface area contributed by atoms with Gasteiger partial charge >= 0.3 is 8.64 Å². The number of nitrogens with two attached hydrogens (primary N) is 2. The summed E-state index contributed by atoms with van der Waals surface area (Å²) in [6, 6.07) is 7.69. The maximum Gasteiger partial charge on any atom is 0.370 e. The minimum atomic E-state index is -2.68. The van der Waals surface area contributed by atoms with Crippen LogP contribution in [0.25, 0.3) is 0 Å². The maximum atomic E-state index is 5.78. The third kappa shape index (κ3) is 1.82. The molecule has 12 heavy (non-hydrogen) atoms. The van der Waals surface area contributed by atoms with Crippen LogP contribution in [0.15, 0.2) is 24.3 Å². The molecule has 0 fully saturated rings. The standard InChI is InChI=1S/C7H11N2OSi2/c1-6-4-2-3-5-7(6)12(8,9)10-11/h2-5H,8-9H2,1H3. The molecule has 4 N–H and O–H groups in total. The normalized spacial score (nSPS) is 11.7. The van der Waals surface area contributed by atoms with Gasteiger partial charge in [0, 0.05) is 0 Å². The second-order valence-corrected chi connectivity index (χ2v) is 5.65. The van der Waals surface area contributed by atoms with Crippen molar-refractivity contribution in [3.63, 3.8) is 0 Å². The van der Waals surface area contributed by atoms with Gasteiger partial charge in [0.15, 0.2) is 0 Å². The lowest BCUT2D eigenvalue weighted by Gasteiger charge is -2.20. The van der Waals surface area contributed by atoms with E-state index in [1.165, 1.54) is 0 Å². The molecule has 3 nitrogen and oxygen atoms in total. The second-order valence-electron chi connectivity index (χ2n) is 2.71. The number of rotatable bonds is 2. The summed E-state index contributed by atoms with van der Waals surface area (Å²) < 4.78 is 4.90. The first-order valence-corrected chi connectivity index (χ1v) is 6.03. The molecule has 0 aliphatic rings. The zero-order chi connectivity index (χ0) is 9.19. The van der Waals surface area contributed by atoms with Gasteiger partial charge in [0.1, 0.15) is 0 Å². The molecule has 5 heteroatoms. The SMILES string of the molecule is Cc1ccccc1[Si](N)(N)O[Si]. The van der Waals surface area contributed by atoms with E-state index in [-0.39, 0.29) is 0 Å². The molecule has 0 aromatic heterocycles. The van der Waals surface area contributed by atoms with Gasteiger partial charge in [-0.25, -0.2) is 0 Å². The largest absolute Gasteiger partial charge is 0.431 e. The molecule has 1 aromatic rings. The predicted octanol–water partition coefficient (Wildman–Crippen LogP) is -0.842. The lowest BCUT2D eigenvalue weighted by molar-refractivity contribution is 0.612. The number of aryl methyl sites for hydroxylation is 1. The molecule has 3 radical (unpaired) electrons. The van der Waals surface area contributed by atoms with Crippen molar-refractivity contribution < 1.29 is 4.12 Å². The molecule has 0 saturated carbocycles. The van der Waals surface area contributed by atoms with Crippen molar-refractivity contribution in [3.8, 4) is 0 Å². The fourth-order valence-electron chi connectivity index (χ4n) is 1.07. The van der Waals surface area contributed by atoms with Crippen LogP contribution >= 0.6 is 0 Å². The Morgan fingerprint density at radius 1 is 1.33 bits per heavy atom. The monoisotopic (exact) mass is 195 g/mol. The molecule has 0 spiro atoms. The Hall–Kier alpha value is -0.466. The third-order valence-corrected chi connectivity index (χ3v) is 4.49. The average molecular weight is 195 g/mol. The van der Waals surface area contributed by atoms with Crippen molar-refractivity contribution in [1.82, 2.24) is 0 Å². The van der Waals surface area contributed by atoms with Crippen molar-refractivity contribution in [2.45, 2.75) is 6.92 Å². The Kier molecular flexibility index (Phi) is 2.81. The van der Waals surface area contributed by atoms with Crippen LogP contribution in [0.4, 0.5) is 0 Å². The molecule has 0 atom stereocenters. The van der Waals surface area contributed by atoms with Crippen molar-refractivity contribution >= 4 is 24.3 Å². The van der Waals surface area contributed by atoms with Gasteiger partial charge in [0.2, 0.25) is 10.5 Å². The second kappa shape index (κ2) is 3.50. The number of hydrogen-bond acceptors (Lipinski definition) is 3. The summed E-state index contributed by atoms with van der Waals surface area (Å²) in [6.45, 7) is 1.96. The van der Waals surface area contributed by atoms with E-state index in [1.54, 1.807) is 0 Å². The first kappa shape index (κ1) is 9.62. The van der Waals surface area contributed by atoms with Crippen molar-refractivity contribution in [2.75, 3.05) is 0 Å². The van der Waals surface area contributed by atoms with Crippen molar-refractivity contribution in [2.24, 2.45) is 10.8 Å². The lowest BCUT2D eigenvalue weighted by atomic mass is 10.2. The topological polar surface area (TPSA) is 61.3 Å². The predicted molar refractivity (Wildman–Crippen MR) is 51.8 cm³/mol. The van der Waals surface area contributed by atoms with Crippen LogP contribution < -0.4 is 16.0 Å². The van der Waals surface area contributed by atoms with Gasteiger partial charge in [-0.05, 0) is 17.7 Å².